The molecule has 0 fully saturated rings. The number of thioether (sulfide) groups is 1. The standard InChI is InChI=1S/C19H22N6O4S2/c1-11-8-13(31(21,27)28)9-15(12(11)2)22-17(26)10-30-19-24-23-18(25(19)20)14-6-4-5-7-16(14)29-3/h4-9H,10,20H2,1-3H3,(H,22,26)(H2,21,27,28). The smallest absolute Gasteiger partial charge is 0.238 e. The largest absolute Gasteiger partial charge is 0.496 e. The van der Waals surface area contributed by atoms with E-state index in [4.69, 9.17) is 15.7 Å². The first-order valence-electron chi connectivity index (χ1n) is 9.02. The van der Waals surface area contributed by atoms with E-state index in [1.165, 1.54) is 16.8 Å². The number of nitrogens with zero attached hydrogens (tertiary/aromatic N) is 3. The van der Waals surface area contributed by atoms with Crippen molar-refractivity contribution in [2.75, 3.05) is 24.0 Å². The maximum atomic E-state index is 12.5. The molecule has 0 radical (unpaired) electrons. The highest BCUT2D eigenvalue weighted by molar-refractivity contribution is 7.99. The quantitative estimate of drug-likeness (QED) is 0.354. The van der Waals surface area contributed by atoms with E-state index >= 15 is 0 Å². The van der Waals surface area contributed by atoms with Crippen molar-refractivity contribution in [1.29, 1.82) is 0 Å². The first-order chi connectivity index (χ1) is 14.6. The minimum absolute atomic E-state index is 0.0145. The van der Waals surface area contributed by atoms with E-state index in [1.807, 2.05) is 12.1 Å². The number of anilines is 1. The molecule has 5 N–H and O–H groups in total. The average Bonchev–Trinajstić information content (AvgIpc) is 3.09. The van der Waals surface area contributed by atoms with Gasteiger partial charge in [0.25, 0.3) is 0 Å². The number of hydrogen-bond donors (Lipinski definition) is 3. The number of benzene rings is 2. The number of aromatic nitrogens is 3. The number of ether oxygens (including phenoxy) is 1. The lowest BCUT2D eigenvalue weighted by Gasteiger charge is -2.12. The first-order valence-corrected chi connectivity index (χ1v) is 11.6. The fraction of sp³-hybridized carbons (Fsp3) is 0.211. The zero-order chi connectivity index (χ0) is 22.8. The molecular formula is C19H22N6O4S2. The molecule has 3 aromatic rings. The van der Waals surface area contributed by atoms with E-state index in [9.17, 15) is 13.2 Å². The zero-order valence-electron chi connectivity index (χ0n) is 17.1. The van der Waals surface area contributed by atoms with E-state index in [-0.39, 0.29) is 16.6 Å². The van der Waals surface area contributed by atoms with Crippen LogP contribution in [-0.2, 0) is 14.8 Å². The number of hydrogen-bond acceptors (Lipinski definition) is 8. The molecule has 1 amide bonds. The molecule has 31 heavy (non-hydrogen) atoms. The summed E-state index contributed by atoms with van der Waals surface area (Å²) < 4.78 is 29.9. The van der Waals surface area contributed by atoms with Crippen LogP contribution in [0.15, 0.2) is 46.5 Å². The van der Waals surface area contributed by atoms with E-state index in [2.05, 4.69) is 15.5 Å². The molecule has 0 bridgehead atoms. The summed E-state index contributed by atoms with van der Waals surface area (Å²) in [5, 5.41) is 16.4. The number of carbonyl (C=O) groups excluding carboxylic acids is 1. The molecule has 0 aliphatic rings. The van der Waals surface area contributed by atoms with Crippen LogP contribution in [0.3, 0.4) is 0 Å². The van der Waals surface area contributed by atoms with E-state index in [0.29, 0.717) is 33.5 Å². The van der Waals surface area contributed by atoms with Crippen LogP contribution < -0.4 is 21.0 Å². The summed E-state index contributed by atoms with van der Waals surface area (Å²) in [6, 6.07) is 10.0. The van der Waals surface area contributed by atoms with Crippen molar-refractivity contribution >= 4 is 33.4 Å². The van der Waals surface area contributed by atoms with E-state index < -0.39 is 10.0 Å². The number of methoxy groups -OCH3 is 1. The third kappa shape index (κ3) is 4.98. The number of aryl methyl sites for hydroxylation is 1. The van der Waals surface area contributed by atoms with Gasteiger partial charge in [0, 0.05) is 5.69 Å². The summed E-state index contributed by atoms with van der Waals surface area (Å²) in [5.41, 5.74) is 2.48. The fourth-order valence-electron chi connectivity index (χ4n) is 2.83. The summed E-state index contributed by atoms with van der Waals surface area (Å²) in [7, 11) is -2.35. The summed E-state index contributed by atoms with van der Waals surface area (Å²) in [5.74, 6) is 6.73. The highest BCUT2D eigenvalue weighted by atomic mass is 32.2. The Balaban J connectivity index is 1.74. The molecule has 1 heterocycles. The third-order valence-corrected chi connectivity index (χ3v) is 6.42. The number of primary sulfonamides is 1. The van der Waals surface area contributed by atoms with Gasteiger partial charge in [-0.1, -0.05) is 23.9 Å². The second-order valence-electron chi connectivity index (χ2n) is 6.67. The van der Waals surface area contributed by atoms with Crippen molar-refractivity contribution in [2.24, 2.45) is 5.14 Å². The number of carbonyl (C=O) groups is 1. The predicted molar refractivity (Wildman–Crippen MR) is 119 cm³/mol. The first kappa shape index (κ1) is 22.6. The van der Waals surface area contributed by atoms with Crippen LogP contribution in [0.4, 0.5) is 5.69 Å². The van der Waals surface area contributed by atoms with Gasteiger partial charge in [0.2, 0.25) is 21.1 Å². The van der Waals surface area contributed by atoms with Crippen molar-refractivity contribution in [3.05, 3.63) is 47.5 Å². The number of nitrogens with one attached hydrogen (secondary N) is 1. The maximum Gasteiger partial charge on any atom is 0.238 e. The summed E-state index contributed by atoms with van der Waals surface area (Å²) in [4.78, 5) is 12.4. The van der Waals surface area contributed by atoms with Crippen molar-refractivity contribution in [3.8, 4) is 17.1 Å². The van der Waals surface area contributed by atoms with Gasteiger partial charge in [-0.05, 0) is 49.2 Å². The van der Waals surface area contributed by atoms with Crippen LogP contribution >= 0.6 is 11.8 Å². The van der Waals surface area contributed by atoms with Crippen molar-refractivity contribution in [1.82, 2.24) is 14.9 Å². The molecule has 0 spiro atoms. The number of nitrogen functional groups attached to an aromatic ring is 1. The zero-order valence-corrected chi connectivity index (χ0v) is 18.8. The van der Waals surface area contributed by atoms with Crippen LogP contribution in [-0.4, -0.2) is 42.1 Å². The van der Waals surface area contributed by atoms with Gasteiger partial charge >= 0.3 is 0 Å². The van der Waals surface area contributed by atoms with Gasteiger partial charge in [-0.25, -0.2) is 18.2 Å². The van der Waals surface area contributed by atoms with E-state index in [1.54, 1.807) is 33.1 Å². The van der Waals surface area contributed by atoms with Gasteiger partial charge in [0.05, 0.1) is 23.3 Å². The number of nitrogens with two attached hydrogens (primary N) is 2. The minimum Gasteiger partial charge on any atom is -0.496 e. The molecule has 0 unspecified atom stereocenters. The lowest BCUT2D eigenvalue weighted by molar-refractivity contribution is -0.113. The van der Waals surface area contributed by atoms with Crippen molar-refractivity contribution in [2.45, 2.75) is 23.9 Å². The van der Waals surface area contributed by atoms with Gasteiger partial charge in [-0.15, -0.1) is 10.2 Å². The molecule has 0 aliphatic heterocycles. The van der Waals surface area contributed by atoms with Crippen LogP contribution in [0.1, 0.15) is 11.1 Å². The number of rotatable bonds is 7. The van der Waals surface area contributed by atoms with Gasteiger partial charge in [0.1, 0.15) is 5.75 Å². The molecule has 0 saturated carbocycles. The van der Waals surface area contributed by atoms with Crippen LogP contribution in [0.2, 0.25) is 0 Å². The molecule has 12 heteroatoms. The Kier molecular flexibility index (Phi) is 6.53. The predicted octanol–water partition coefficient (Wildman–Crippen LogP) is 1.66. The van der Waals surface area contributed by atoms with Gasteiger partial charge in [0.15, 0.2) is 5.82 Å². The Hall–Kier alpha value is -3.09. The Bertz CT molecular complexity index is 1240. The monoisotopic (exact) mass is 462 g/mol. The Morgan fingerprint density at radius 2 is 1.94 bits per heavy atom. The normalized spacial score (nSPS) is 11.4. The Morgan fingerprint density at radius 1 is 1.23 bits per heavy atom. The number of sulfonamides is 1. The third-order valence-electron chi connectivity index (χ3n) is 4.59. The van der Waals surface area contributed by atoms with Crippen LogP contribution in [0.25, 0.3) is 11.4 Å². The Morgan fingerprint density at radius 3 is 2.61 bits per heavy atom. The molecule has 2 aromatic carbocycles. The van der Waals surface area contributed by atoms with Crippen LogP contribution in [0.5, 0.6) is 5.75 Å². The SMILES string of the molecule is COc1ccccc1-c1nnc(SCC(=O)Nc2cc(S(N)(=O)=O)cc(C)c2C)n1N. The number of amides is 1. The Labute approximate surface area is 184 Å². The minimum atomic E-state index is -3.90. The lowest BCUT2D eigenvalue weighted by atomic mass is 10.1. The van der Waals surface area contributed by atoms with Gasteiger partial charge in [-0.3, -0.25) is 4.79 Å². The molecule has 10 nitrogen and oxygen atoms in total. The van der Waals surface area contributed by atoms with Crippen molar-refractivity contribution in [3.63, 3.8) is 0 Å². The highest BCUT2D eigenvalue weighted by Crippen LogP contribution is 2.29. The molecule has 0 aliphatic carbocycles. The van der Waals surface area contributed by atoms with Gasteiger partial charge in [-0.2, -0.15) is 0 Å². The lowest BCUT2D eigenvalue weighted by Crippen LogP contribution is -2.18. The summed E-state index contributed by atoms with van der Waals surface area (Å²) >= 11 is 1.09. The fourth-order valence-corrected chi connectivity index (χ4v) is 4.10. The molecule has 1 aromatic heterocycles. The maximum absolute atomic E-state index is 12.5. The average molecular weight is 463 g/mol. The van der Waals surface area contributed by atoms with Gasteiger partial charge < -0.3 is 15.9 Å². The molecule has 0 saturated heterocycles. The molecular weight excluding hydrogens is 440 g/mol. The topological polar surface area (TPSA) is 155 Å². The molecule has 164 valence electrons. The number of para-hydroxylation sites is 1. The van der Waals surface area contributed by atoms with Crippen LogP contribution in [0, 0.1) is 13.8 Å². The second kappa shape index (κ2) is 8.96. The molecule has 3 rings (SSSR count). The van der Waals surface area contributed by atoms with E-state index in [0.717, 1.165) is 17.3 Å². The highest BCUT2D eigenvalue weighted by Gasteiger charge is 2.18. The van der Waals surface area contributed by atoms with Crippen molar-refractivity contribution < 1.29 is 17.9 Å². The summed E-state index contributed by atoms with van der Waals surface area (Å²) in [6.07, 6.45) is 0. The molecule has 0 atom stereocenters. The second-order valence-corrected chi connectivity index (χ2v) is 9.17. The summed E-state index contributed by atoms with van der Waals surface area (Å²) in [6.45, 7) is 3.52.